The van der Waals surface area contributed by atoms with Gasteiger partial charge in [0, 0.05) is 6.54 Å². The molecule has 0 saturated carbocycles. The quantitative estimate of drug-likeness (QED) is 0.769. The zero-order valence-electron chi connectivity index (χ0n) is 9.75. The van der Waals surface area contributed by atoms with Crippen molar-refractivity contribution in [2.75, 3.05) is 13.2 Å². The van der Waals surface area contributed by atoms with Crippen LogP contribution in [-0.2, 0) is 4.79 Å². The highest BCUT2D eigenvalue weighted by Gasteiger charge is 2.05. The molecule has 3 heteroatoms. The smallest absolute Gasteiger partial charge is 0.258 e. The Morgan fingerprint density at radius 3 is 2.62 bits per heavy atom. The molecular formula is C13H17NO2. The highest BCUT2D eigenvalue weighted by Crippen LogP contribution is 2.21. The number of carbonyl (C=O) groups excluding carboxylic acids is 1. The first-order chi connectivity index (χ1) is 7.65. The number of rotatable bonds is 5. The second-order valence-corrected chi connectivity index (χ2v) is 3.60. The molecule has 0 aromatic heterocycles. The lowest BCUT2D eigenvalue weighted by molar-refractivity contribution is -0.122. The van der Waals surface area contributed by atoms with Gasteiger partial charge in [0.1, 0.15) is 5.75 Å². The molecule has 1 N–H and O–H groups in total. The molecular weight excluding hydrogens is 202 g/mol. The summed E-state index contributed by atoms with van der Waals surface area (Å²) < 4.78 is 5.48. The van der Waals surface area contributed by atoms with E-state index < -0.39 is 0 Å². The van der Waals surface area contributed by atoms with Crippen molar-refractivity contribution in [3.05, 3.63) is 42.0 Å². The van der Waals surface area contributed by atoms with Gasteiger partial charge in [-0.2, -0.15) is 0 Å². The topological polar surface area (TPSA) is 38.3 Å². The maximum Gasteiger partial charge on any atom is 0.258 e. The Morgan fingerprint density at radius 1 is 1.44 bits per heavy atom. The molecule has 0 aliphatic carbocycles. The first-order valence-electron chi connectivity index (χ1n) is 5.21. The highest BCUT2D eigenvalue weighted by atomic mass is 16.5. The van der Waals surface area contributed by atoms with Gasteiger partial charge in [0.2, 0.25) is 0 Å². The highest BCUT2D eigenvalue weighted by molar-refractivity contribution is 5.77. The summed E-state index contributed by atoms with van der Waals surface area (Å²) in [6.45, 7) is 7.96. The third-order valence-corrected chi connectivity index (χ3v) is 2.20. The van der Waals surface area contributed by atoms with E-state index in [0.29, 0.717) is 6.54 Å². The largest absolute Gasteiger partial charge is 0.483 e. The number of carbonyl (C=O) groups is 1. The van der Waals surface area contributed by atoms with E-state index in [-0.39, 0.29) is 12.5 Å². The number of benzene rings is 1. The van der Waals surface area contributed by atoms with Crippen LogP contribution >= 0.6 is 0 Å². The SMILES string of the molecule is C=CCNC(=O)COc1c(C)cccc1C. The summed E-state index contributed by atoms with van der Waals surface area (Å²) in [5, 5.41) is 2.66. The van der Waals surface area contributed by atoms with Gasteiger partial charge in [-0.15, -0.1) is 6.58 Å². The van der Waals surface area contributed by atoms with Crippen LogP contribution < -0.4 is 10.1 Å². The normalized spacial score (nSPS) is 9.62. The Kier molecular flexibility index (Phi) is 4.58. The predicted octanol–water partition coefficient (Wildman–Crippen LogP) is 1.98. The third kappa shape index (κ3) is 3.42. The number of para-hydroxylation sites is 1. The molecule has 0 aliphatic heterocycles. The molecule has 0 spiro atoms. The van der Waals surface area contributed by atoms with Crippen molar-refractivity contribution in [2.45, 2.75) is 13.8 Å². The molecule has 0 heterocycles. The predicted molar refractivity (Wildman–Crippen MR) is 64.6 cm³/mol. The summed E-state index contributed by atoms with van der Waals surface area (Å²) in [7, 11) is 0. The Balaban J connectivity index is 2.54. The Bertz CT molecular complexity index is 365. The number of amides is 1. The fourth-order valence-corrected chi connectivity index (χ4v) is 1.40. The molecule has 0 saturated heterocycles. The van der Waals surface area contributed by atoms with Crippen LogP contribution in [0.3, 0.4) is 0 Å². The van der Waals surface area contributed by atoms with Gasteiger partial charge in [0.15, 0.2) is 6.61 Å². The molecule has 0 fully saturated rings. The molecule has 1 rings (SSSR count). The van der Waals surface area contributed by atoms with Gasteiger partial charge >= 0.3 is 0 Å². The maximum absolute atomic E-state index is 11.3. The minimum atomic E-state index is -0.137. The van der Waals surface area contributed by atoms with E-state index in [1.165, 1.54) is 0 Å². The third-order valence-electron chi connectivity index (χ3n) is 2.20. The minimum Gasteiger partial charge on any atom is -0.483 e. The first-order valence-corrected chi connectivity index (χ1v) is 5.21. The second kappa shape index (κ2) is 5.95. The van der Waals surface area contributed by atoms with Crippen molar-refractivity contribution in [3.63, 3.8) is 0 Å². The van der Waals surface area contributed by atoms with Crippen LogP contribution in [0.25, 0.3) is 0 Å². The maximum atomic E-state index is 11.3. The van der Waals surface area contributed by atoms with Crippen molar-refractivity contribution in [3.8, 4) is 5.75 Å². The van der Waals surface area contributed by atoms with Gasteiger partial charge in [0.25, 0.3) is 5.91 Å². The van der Waals surface area contributed by atoms with Gasteiger partial charge in [-0.05, 0) is 25.0 Å². The lowest BCUT2D eigenvalue weighted by atomic mass is 10.1. The van der Waals surface area contributed by atoms with E-state index in [0.717, 1.165) is 16.9 Å². The molecule has 86 valence electrons. The minimum absolute atomic E-state index is 0.0412. The van der Waals surface area contributed by atoms with Crippen molar-refractivity contribution in [1.29, 1.82) is 0 Å². The van der Waals surface area contributed by atoms with Gasteiger partial charge < -0.3 is 10.1 Å². The van der Waals surface area contributed by atoms with E-state index in [1.54, 1.807) is 6.08 Å². The van der Waals surface area contributed by atoms with Crippen molar-refractivity contribution in [2.24, 2.45) is 0 Å². The Labute approximate surface area is 96.1 Å². The standard InChI is InChI=1S/C13H17NO2/c1-4-8-14-12(15)9-16-13-10(2)6-5-7-11(13)3/h4-7H,1,8-9H2,2-3H3,(H,14,15). The van der Waals surface area contributed by atoms with Crippen LogP contribution in [0.5, 0.6) is 5.75 Å². The van der Waals surface area contributed by atoms with E-state index in [1.807, 2.05) is 32.0 Å². The molecule has 0 bridgehead atoms. The van der Waals surface area contributed by atoms with Crippen molar-refractivity contribution < 1.29 is 9.53 Å². The monoisotopic (exact) mass is 219 g/mol. The fourth-order valence-electron chi connectivity index (χ4n) is 1.40. The lowest BCUT2D eigenvalue weighted by Gasteiger charge is -2.11. The van der Waals surface area contributed by atoms with Gasteiger partial charge in [-0.1, -0.05) is 24.3 Å². The van der Waals surface area contributed by atoms with E-state index in [2.05, 4.69) is 11.9 Å². The van der Waals surface area contributed by atoms with Crippen LogP contribution in [0.4, 0.5) is 0 Å². The number of hydrogen-bond donors (Lipinski definition) is 1. The molecule has 16 heavy (non-hydrogen) atoms. The van der Waals surface area contributed by atoms with Crippen LogP contribution in [0, 0.1) is 13.8 Å². The number of nitrogens with one attached hydrogen (secondary N) is 1. The number of hydrogen-bond acceptors (Lipinski definition) is 2. The van der Waals surface area contributed by atoms with Gasteiger partial charge in [0.05, 0.1) is 0 Å². The molecule has 3 nitrogen and oxygen atoms in total. The average Bonchev–Trinajstić information content (AvgIpc) is 2.25. The van der Waals surface area contributed by atoms with E-state index in [4.69, 9.17) is 4.74 Å². The molecule has 0 radical (unpaired) electrons. The molecule has 1 amide bonds. The Hall–Kier alpha value is -1.77. The molecule has 0 unspecified atom stereocenters. The summed E-state index contributed by atoms with van der Waals surface area (Å²) in [6, 6.07) is 5.89. The van der Waals surface area contributed by atoms with Crippen molar-refractivity contribution in [1.82, 2.24) is 5.32 Å². The van der Waals surface area contributed by atoms with E-state index in [9.17, 15) is 4.79 Å². The van der Waals surface area contributed by atoms with E-state index >= 15 is 0 Å². The zero-order valence-corrected chi connectivity index (χ0v) is 9.75. The van der Waals surface area contributed by atoms with Crippen LogP contribution in [0.15, 0.2) is 30.9 Å². The summed E-state index contributed by atoms with van der Waals surface area (Å²) in [5.74, 6) is 0.652. The van der Waals surface area contributed by atoms with Gasteiger partial charge in [-0.25, -0.2) is 0 Å². The van der Waals surface area contributed by atoms with Crippen LogP contribution in [0.2, 0.25) is 0 Å². The van der Waals surface area contributed by atoms with Crippen LogP contribution in [0.1, 0.15) is 11.1 Å². The summed E-state index contributed by atoms with van der Waals surface area (Å²) in [6.07, 6.45) is 1.64. The molecule has 1 aromatic rings. The zero-order chi connectivity index (χ0) is 12.0. The second-order valence-electron chi connectivity index (χ2n) is 3.60. The first kappa shape index (κ1) is 12.3. The molecule has 1 aromatic carbocycles. The molecule has 0 atom stereocenters. The fraction of sp³-hybridized carbons (Fsp3) is 0.308. The van der Waals surface area contributed by atoms with Gasteiger partial charge in [-0.3, -0.25) is 4.79 Å². The number of aryl methyl sites for hydroxylation is 2. The average molecular weight is 219 g/mol. The van der Waals surface area contributed by atoms with Crippen LogP contribution in [-0.4, -0.2) is 19.1 Å². The number of ether oxygens (including phenoxy) is 1. The summed E-state index contributed by atoms with van der Waals surface area (Å²) >= 11 is 0. The summed E-state index contributed by atoms with van der Waals surface area (Å²) in [5.41, 5.74) is 2.08. The van der Waals surface area contributed by atoms with Crippen molar-refractivity contribution >= 4 is 5.91 Å². The Morgan fingerprint density at radius 2 is 2.06 bits per heavy atom. The molecule has 0 aliphatic rings. The lowest BCUT2D eigenvalue weighted by Crippen LogP contribution is -2.29. The summed E-state index contributed by atoms with van der Waals surface area (Å²) in [4.78, 5) is 11.3.